The highest BCUT2D eigenvalue weighted by Gasteiger charge is 2.24. The van der Waals surface area contributed by atoms with E-state index >= 15 is 0 Å². The van der Waals surface area contributed by atoms with Crippen molar-refractivity contribution in [3.8, 4) is 0 Å². The second-order valence-corrected chi connectivity index (χ2v) is 5.68. The van der Waals surface area contributed by atoms with Gasteiger partial charge in [0.25, 0.3) is 0 Å². The molecule has 1 saturated heterocycles. The minimum Gasteiger partial charge on any atom is -0.328 e. The van der Waals surface area contributed by atoms with Crippen LogP contribution in [0.4, 0.5) is 10.1 Å². The lowest BCUT2D eigenvalue weighted by Crippen LogP contribution is -2.48. The molecule has 6 heteroatoms. The average Bonchev–Trinajstić information content (AvgIpc) is 2.36. The van der Waals surface area contributed by atoms with E-state index in [-0.39, 0.29) is 23.0 Å². The van der Waals surface area contributed by atoms with Gasteiger partial charge in [-0.3, -0.25) is 9.69 Å². The third-order valence-corrected chi connectivity index (χ3v) is 3.92. The van der Waals surface area contributed by atoms with Crippen LogP contribution in [0.5, 0.6) is 0 Å². The first-order valence-corrected chi connectivity index (χ1v) is 7.08. The number of carbonyl (C=O) groups excluding carboxylic acids is 1. The number of halogens is 2. The lowest BCUT2D eigenvalue weighted by Gasteiger charge is -2.35. The van der Waals surface area contributed by atoms with E-state index in [0.717, 1.165) is 19.4 Å². The van der Waals surface area contributed by atoms with Crippen LogP contribution in [0.25, 0.3) is 0 Å². The zero-order chi connectivity index (χ0) is 14.7. The van der Waals surface area contributed by atoms with Crippen molar-refractivity contribution < 1.29 is 9.18 Å². The van der Waals surface area contributed by atoms with Gasteiger partial charge in [0.2, 0.25) is 5.91 Å². The highest BCUT2D eigenvalue weighted by atomic mass is 35.5. The predicted molar refractivity (Wildman–Crippen MR) is 78.3 cm³/mol. The van der Waals surface area contributed by atoms with E-state index in [4.69, 9.17) is 17.3 Å². The van der Waals surface area contributed by atoms with Gasteiger partial charge in [-0.1, -0.05) is 11.6 Å². The Kier molecular flexibility index (Phi) is 4.96. The normalized spacial score (nSPS) is 23.6. The van der Waals surface area contributed by atoms with Gasteiger partial charge in [-0.15, -0.1) is 0 Å². The standard InChI is InChI=1S/C14H19ClFN3O/c1-9-6-11(17)4-5-19(9)8-14(20)18-13-3-2-10(16)7-12(13)15/h2-3,7,9,11H,4-6,8,17H2,1H3,(H,18,20). The van der Waals surface area contributed by atoms with Crippen molar-refractivity contribution in [2.75, 3.05) is 18.4 Å². The quantitative estimate of drug-likeness (QED) is 0.900. The lowest BCUT2D eigenvalue weighted by molar-refractivity contribution is -0.118. The minimum atomic E-state index is -0.424. The Morgan fingerprint density at radius 1 is 1.60 bits per heavy atom. The molecule has 0 aromatic heterocycles. The summed E-state index contributed by atoms with van der Waals surface area (Å²) in [6.45, 7) is 3.17. The molecule has 2 rings (SSSR count). The number of nitrogens with zero attached hydrogens (tertiary/aromatic N) is 1. The monoisotopic (exact) mass is 299 g/mol. The molecule has 1 heterocycles. The summed E-state index contributed by atoms with van der Waals surface area (Å²) in [7, 11) is 0. The molecule has 3 N–H and O–H groups in total. The molecule has 1 amide bonds. The van der Waals surface area contributed by atoms with Gasteiger partial charge in [0.05, 0.1) is 17.3 Å². The Morgan fingerprint density at radius 3 is 3.00 bits per heavy atom. The molecule has 1 aliphatic heterocycles. The Bertz CT molecular complexity index is 497. The summed E-state index contributed by atoms with van der Waals surface area (Å²) in [5.74, 6) is -0.576. The zero-order valence-electron chi connectivity index (χ0n) is 11.4. The SMILES string of the molecule is CC1CC(N)CCN1CC(=O)Nc1ccc(F)cc1Cl. The number of carbonyl (C=O) groups is 1. The van der Waals surface area contributed by atoms with Crippen LogP contribution in [-0.4, -0.2) is 36.0 Å². The summed E-state index contributed by atoms with van der Waals surface area (Å²) in [5, 5.41) is 2.91. The molecule has 1 aromatic rings. The number of amides is 1. The van der Waals surface area contributed by atoms with E-state index in [1.165, 1.54) is 18.2 Å². The Balaban J connectivity index is 1.92. The van der Waals surface area contributed by atoms with Gasteiger partial charge >= 0.3 is 0 Å². The maximum atomic E-state index is 12.9. The summed E-state index contributed by atoms with van der Waals surface area (Å²) in [4.78, 5) is 14.1. The maximum absolute atomic E-state index is 12.9. The van der Waals surface area contributed by atoms with Gasteiger partial charge in [-0.25, -0.2) is 4.39 Å². The first kappa shape index (κ1) is 15.2. The first-order chi connectivity index (χ1) is 9.45. The number of anilines is 1. The number of hydrogen-bond acceptors (Lipinski definition) is 3. The van der Waals surface area contributed by atoms with Gasteiger partial charge in [0.1, 0.15) is 5.82 Å². The number of benzene rings is 1. The van der Waals surface area contributed by atoms with Crippen LogP contribution < -0.4 is 11.1 Å². The molecule has 0 spiro atoms. The van der Waals surface area contributed by atoms with E-state index in [2.05, 4.69) is 17.1 Å². The number of nitrogens with one attached hydrogen (secondary N) is 1. The molecule has 1 fully saturated rings. The number of hydrogen-bond donors (Lipinski definition) is 2. The van der Waals surface area contributed by atoms with Crippen molar-refractivity contribution in [1.82, 2.24) is 4.90 Å². The van der Waals surface area contributed by atoms with Crippen LogP contribution >= 0.6 is 11.6 Å². The molecular weight excluding hydrogens is 281 g/mol. The second kappa shape index (κ2) is 6.52. The highest BCUT2D eigenvalue weighted by molar-refractivity contribution is 6.33. The Labute approximate surface area is 123 Å². The summed E-state index contributed by atoms with van der Waals surface area (Å²) in [6, 6.07) is 4.42. The molecule has 20 heavy (non-hydrogen) atoms. The molecule has 0 saturated carbocycles. The van der Waals surface area contributed by atoms with Gasteiger partial charge in [-0.05, 0) is 38.0 Å². The van der Waals surface area contributed by atoms with E-state index < -0.39 is 5.82 Å². The number of rotatable bonds is 3. The van der Waals surface area contributed by atoms with Crippen molar-refractivity contribution in [3.63, 3.8) is 0 Å². The number of likely N-dealkylation sites (tertiary alicyclic amines) is 1. The fourth-order valence-corrected chi connectivity index (χ4v) is 2.67. The molecule has 2 unspecified atom stereocenters. The topological polar surface area (TPSA) is 58.4 Å². The van der Waals surface area contributed by atoms with Crippen LogP contribution in [-0.2, 0) is 4.79 Å². The minimum absolute atomic E-state index is 0.152. The molecule has 110 valence electrons. The third kappa shape index (κ3) is 3.91. The lowest BCUT2D eigenvalue weighted by atomic mass is 9.99. The summed E-state index contributed by atoms with van der Waals surface area (Å²) >= 11 is 5.88. The molecule has 0 radical (unpaired) electrons. The highest BCUT2D eigenvalue weighted by Crippen LogP contribution is 2.22. The van der Waals surface area contributed by atoms with E-state index in [0.29, 0.717) is 12.2 Å². The summed E-state index contributed by atoms with van der Waals surface area (Å²) < 4.78 is 12.9. The van der Waals surface area contributed by atoms with Crippen LogP contribution in [0.2, 0.25) is 5.02 Å². The predicted octanol–water partition coefficient (Wildman–Crippen LogP) is 2.23. The second-order valence-electron chi connectivity index (χ2n) is 5.28. The maximum Gasteiger partial charge on any atom is 0.238 e. The molecule has 1 aromatic carbocycles. The first-order valence-electron chi connectivity index (χ1n) is 6.70. The average molecular weight is 300 g/mol. The van der Waals surface area contributed by atoms with Crippen molar-refractivity contribution in [2.24, 2.45) is 5.73 Å². The summed E-state index contributed by atoms with van der Waals surface area (Å²) in [5.41, 5.74) is 6.33. The molecule has 0 bridgehead atoms. The molecular formula is C14H19ClFN3O. The van der Waals surface area contributed by atoms with Crippen molar-refractivity contribution in [1.29, 1.82) is 0 Å². The molecule has 0 aliphatic carbocycles. The Hall–Kier alpha value is -1.17. The van der Waals surface area contributed by atoms with E-state index in [9.17, 15) is 9.18 Å². The molecule has 4 nitrogen and oxygen atoms in total. The van der Waals surface area contributed by atoms with Gasteiger partial charge in [-0.2, -0.15) is 0 Å². The van der Waals surface area contributed by atoms with Gasteiger partial charge < -0.3 is 11.1 Å². The fourth-order valence-electron chi connectivity index (χ4n) is 2.46. The van der Waals surface area contributed by atoms with Crippen LogP contribution in [0.3, 0.4) is 0 Å². The number of piperidine rings is 1. The third-order valence-electron chi connectivity index (χ3n) is 3.61. The molecule has 1 aliphatic rings. The molecule has 2 atom stereocenters. The van der Waals surface area contributed by atoms with Crippen LogP contribution in [0.1, 0.15) is 19.8 Å². The van der Waals surface area contributed by atoms with E-state index in [1.54, 1.807) is 0 Å². The van der Waals surface area contributed by atoms with Crippen molar-refractivity contribution in [2.45, 2.75) is 31.8 Å². The van der Waals surface area contributed by atoms with E-state index in [1.807, 2.05) is 0 Å². The smallest absolute Gasteiger partial charge is 0.238 e. The number of nitrogens with two attached hydrogens (primary N) is 1. The largest absolute Gasteiger partial charge is 0.328 e. The van der Waals surface area contributed by atoms with Gasteiger partial charge in [0.15, 0.2) is 0 Å². The van der Waals surface area contributed by atoms with Crippen LogP contribution in [0, 0.1) is 5.82 Å². The van der Waals surface area contributed by atoms with Crippen molar-refractivity contribution in [3.05, 3.63) is 29.0 Å². The van der Waals surface area contributed by atoms with Gasteiger partial charge in [0, 0.05) is 18.6 Å². The fraction of sp³-hybridized carbons (Fsp3) is 0.500. The van der Waals surface area contributed by atoms with Crippen LogP contribution in [0.15, 0.2) is 18.2 Å². The Morgan fingerprint density at radius 2 is 2.35 bits per heavy atom. The zero-order valence-corrected chi connectivity index (χ0v) is 12.2. The summed E-state index contributed by atoms with van der Waals surface area (Å²) in [6.07, 6.45) is 1.79. The van der Waals surface area contributed by atoms with Crippen molar-refractivity contribution >= 4 is 23.2 Å².